The Kier molecular flexibility index (Phi) is 7.23. The molecule has 0 aliphatic carbocycles. The molecule has 1 aliphatic heterocycles. The van der Waals surface area contributed by atoms with Gasteiger partial charge in [-0.3, -0.25) is 4.79 Å². The zero-order valence-corrected chi connectivity index (χ0v) is 19.8. The predicted molar refractivity (Wildman–Crippen MR) is 131 cm³/mol. The summed E-state index contributed by atoms with van der Waals surface area (Å²) in [5.41, 5.74) is 4.17. The molecule has 6 nitrogen and oxygen atoms in total. The highest BCUT2D eigenvalue weighted by Gasteiger charge is 2.25. The number of methoxy groups -OCH3 is 1. The maximum absolute atomic E-state index is 13.2. The Hall–Kier alpha value is -3.41. The first-order chi connectivity index (χ1) is 16.1. The molecule has 0 spiro atoms. The van der Waals surface area contributed by atoms with Crippen LogP contribution in [0.4, 0.5) is 5.82 Å². The molecule has 1 amide bonds. The smallest absolute Gasteiger partial charge is 0.257 e. The lowest BCUT2D eigenvalue weighted by Gasteiger charge is -2.26. The summed E-state index contributed by atoms with van der Waals surface area (Å²) in [4.78, 5) is 27.2. The summed E-state index contributed by atoms with van der Waals surface area (Å²) in [6, 6.07) is 17.9. The van der Waals surface area contributed by atoms with E-state index >= 15 is 0 Å². The van der Waals surface area contributed by atoms with Crippen LogP contribution in [-0.2, 0) is 12.8 Å². The SMILES string of the molecule is CCc1nc(C)nc(N2CCCN(C(=O)c3ccccc3OC)CC2)c1Cc1ccccc1. The third kappa shape index (κ3) is 5.16. The van der Waals surface area contributed by atoms with E-state index in [2.05, 4.69) is 36.1 Å². The van der Waals surface area contributed by atoms with Gasteiger partial charge < -0.3 is 14.5 Å². The van der Waals surface area contributed by atoms with E-state index in [1.54, 1.807) is 7.11 Å². The molecule has 33 heavy (non-hydrogen) atoms. The average molecular weight is 445 g/mol. The molecule has 0 atom stereocenters. The molecule has 4 rings (SSSR count). The lowest BCUT2D eigenvalue weighted by atomic mass is 10.0. The third-order valence-corrected chi connectivity index (χ3v) is 6.16. The van der Waals surface area contributed by atoms with E-state index in [4.69, 9.17) is 14.7 Å². The number of anilines is 1. The second-order valence-corrected chi connectivity index (χ2v) is 8.37. The largest absolute Gasteiger partial charge is 0.496 e. The minimum Gasteiger partial charge on any atom is -0.496 e. The van der Waals surface area contributed by atoms with Crippen LogP contribution in [0.3, 0.4) is 0 Å². The number of nitrogens with zero attached hydrogens (tertiary/aromatic N) is 4. The highest BCUT2D eigenvalue weighted by atomic mass is 16.5. The van der Waals surface area contributed by atoms with Crippen molar-refractivity contribution in [1.82, 2.24) is 14.9 Å². The summed E-state index contributed by atoms with van der Waals surface area (Å²) in [6.45, 7) is 7.07. The minimum atomic E-state index is 0.0203. The molecule has 0 radical (unpaired) electrons. The molecule has 6 heteroatoms. The molecule has 3 aromatic rings. The molecule has 2 aromatic carbocycles. The van der Waals surface area contributed by atoms with Crippen molar-refractivity contribution in [2.45, 2.75) is 33.1 Å². The maximum atomic E-state index is 13.2. The number of benzene rings is 2. The number of amides is 1. The molecule has 2 heterocycles. The van der Waals surface area contributed by atoms with Gasteiger partial charge in [-0.25, -0.2) is 9.97 Å². The van der Waals surface area contributed by atoms with Gasteiger partial charge in [0.05, 0.1) is 12.7 Å². The van der Waals surface area contributed by atoms with Gasteiger partial charge in [0.25, 0.3) is 5.91 Å². The average Bonchev–Trinajstić information content (AvgIpc) is 3.11. The predicted octanol–water partition coefficient (Wildman–Crippen LogP) is 4.30. The fraction of sp³-hybridized carbons (Fsp3) is 0.370. The third-order valence-electron chi connectivity index (χ3n) is 6.16. The highest BCUT2D eigenvalue weighted by molar-refractivity contribution is 5.97. The zero-order chi connectivity index (χ0) is 23.2. The fourth-order valence-corrected chi connectivity index (χ4v) is 4.50. The summed E-state index contributed by atoms with van der Waals surface area (Å²) >= 11 is 0. The second-order valence-electron chi connectivity index (χ2n) is 8.37. The Bertz CT molecular complexity index is 1100. The van der Waals surface area contributed by atoms with Gasteiger partial charge in [0.2, 0.25) is 0 Å². The summed E-state index contributed by atoms with van der Waals surface area (Å²) in [7, 11) is 1.60. The van der Waals surface area contributed by atoms with Crippen LogP contribution >= 0.6 is 0 Å². The van der Waals surface area contributed by atoms with Crippen LogP contribution in [0.2, 0.25) is 0 Å². The van der Waals surface area contributed by atoms with Crippen molar-refractivity contribution in [3.63, 3.8) is 0 Å². The number of aromatic nitrogens is 2. The van der Waals surface area contributed by atoms with Gasteiger partial charge in [-0.05, 0) is 37.5 Å². The lowest BCUT2D eigenvalue weighted by molar-refractivity contribution is 0.0763. The van der Waals surface area contributed by atoms with Gasteiger partial charge in [0, 0.05) is 43.9 Å². The number of carbonyl (C=O) groups excluding carboxylic acids is 1. The molecule has 0 unspecified atom stereocenters. The Labute approximate surface area is 196 Å². The summed E-state index contributed by atoms with van der Waals surface area (Å²) in [6.07, 6.45) is 2.56. The molecule has 1 aliphatic rings. The normalized spacial score (nSPS) is 14.2. The van der Waals surface area contributed by atoms with E-state index in [0.717, 1.165) is 49.7 Å². The van der Waals surface area contributed by atoms with Crippen LogP contribution in [0, 0.1) is 6.92 Å². The molecular formula is C27H32N4O2. The topological polar surface area (TPSA) is 58.6 Å². The molecule has 1 aromatic heterocycles. The van der Waals surface area contributed by atoms with Gasteiger partial charge in [0.15, 0.2) is 0 Å². The highest BCUT2D eigenvalue weighted by Crippen LogP contribution is 2.27. The summed E-state index contributed by atoms with van der Waals surface area (Å²) in [5.74, 6) is 2.44. The monoisotopic (exact) mass is 444 g/mol. The fourth-order valence-electron chi connectivity index (χ4n) is 4.50. The molecule has 0 N–H and O–H groups in total. The van der Waals surface area contributed by atoms with Crippen LogP contribution < -0.4 is 9.64 Å². The van der Waals surface area contributed by atoms with Crippen molar-refractivity contribution in [1.29, 1.82) is 0 Å². The minimum absolute atomic E-state index is 0.0203. The van der Waals surface area contributed by atoms with Gasteiger partial charge >= 0.3 is 0 Å². The standard InChI is InChI=1S/C27H32N4O2/c1-4-24-23(19-21-11-6-5-7-12-21)26(29-20(2)28-24)30-15-10-16-31(18-17-30)27(32)22-13-8-9-14-25(22)33-3/h5-9,11-14H,4,10,15-19H2,1-3H3. The van der Waals surface area contributed by atoms with E-state index in [-0.39, 0.29) is 5.91 Å². The van der Waals surface area contributed by atoms with Crippen LogP contribution in [0.1, 0.15) is 46.3 Å². The van der Waals surface area contributed by atoms with Crippen molar-refractivity contribution >= 4 is 11.7 Å². The molecule has 1 fully saturated rings. The van der Waals surface area contributed by atoms with Gasteiger partial charge in [-0.2, -0.15) is 0 Å². The number of aryl methyl sites for hydroxylation is 2. The van der Waals surface area contributed by atoms with Crippen LogP contribution in [-0.4, -0.2) is 54.1 Å². The summed E-state index contributed by atoms with van der Waals surface area (Å²) in [5, 5.41) is 0. The van der Waals surface area contributed by atoms with Crippen molar-refractivity contribution in [3.05, 3.63) is 82.8 Å². The Morgan fingerprint density at radius 2 is 1.73 bits per heavy atom. The molecule has 0 bridgehead atoms. The second kappa shape index (κ2) is 10.5. The van der Waals surface area contributed by atoms with Crippen LogP contribution in [0.5, 0.6) is 5.75 Å². The van der Waals surface area contributed by atoms with E-state index in [9.17, 15) is 4.79 Å². The van der Waals surface area contributed by atoms with Gasteiger partial charge in [0.1, 0.15) is 17.4 Å². The molecule has 0 saturated carbocycles. The van der Waals surface area contributed by atoms with E-state index in [1.807, 2.05) is 42.2 Å². The van der Waals surface area contributed by atoms with Gasteiger partial charge in [-0.1, -0.05) is 49.4 Å². The lowest BCUT2D eigenvalue weighted by Crippen LogP contribution is -2.36. The molecule has 1 saturated heterocycles. The van der Waals surface area contributed by atoms with E-state index in [1.165, 1.54) is 11.1 Å². The Balaban J connectivity index is 1.59. The Morgan fingerprint density at radius 1 is 0.970 bits per heavy atom. The zero-order valence-electron chi connectivity index (χ0n) is 19.8. The van der Waals surface area contributed by atoms with Crippen molar-refractivity contribution in [2.24, 2.45) is 0 Å². The molecular weight excluding hydrogens is 412 g/mol. The van der Waals surface area contributed by atoms with Crippen LogP contribution in [0.25, 0.3) is 0 Å². The number of rotatable bonds is 6. The van der Waals surface area contributed by atoms with E-state index in [0.29, 0.717) is 24.4 Å². The number of carbonyl (C=O) groups is 1. The number of hydrogen-bond donors (Lipinski definition) is 0. The first-order valence-electron chi connectivity index (χ1n) is 11.7. The molecule has 172 valence electrons. The van der Waals surface area contributed by atoms with Crippen molar-refractivity contribution in [3.8, 4) is 5.75 Å². The summed E-state index contributed by atoms with van der Waals surface area (Å²) < 4.78 is 5.42. The number of ether oxygens (including phenoxy) is 1. The van der Waals surface area contributed by atoms with E-state index < -0.39 is 0 Å². The van der Waals surface area contributed by atoms with Gasteiger partial charge in [-0.15, -0.1) is 0 Å². The first kappa shape index (κ1) is 22.8. The first-order valence-corrected chi connectivity index (χ1v) is 11.7. The number of para-hydroxylation sites is 1. The Morgan fingerprint density at radius 3 is 2.48 bits per heavy atom. The van der Waals surface area contributed by atoms with Crippen molar-refractivity contribution < 1.29 is 9.53 Å². The maximum Gasteiger partial charge on any atom is 0.257 e. The number of hydrogen-bond acceptors (Lipinski definition) is 5. The van der Waals surface area contributed by atoms with Crippen molar-refractivity contribution in [2.75, 3.05) is 38.2 Å². The quantitative estimate of drug-likeness (QED) is 0.567. The van der Waals surface area contributed by atoms with Crippen LogP contribution in [0.15, 0.2) is 54.6 Å².